The highest BCUT2D eigenvalue weighted by atomic mass is 15.3. The molecule has 0 saturated heterocycles. The van der Waals surface area contributed by atoms with Gasteiger partial charge in [0, 0.05) is 0 Å². The standard InChI is InChI=1S/C7H6N6/c1-5-7(10-3-8-1)9-2-6-12-11-4-13(5)6/h1-2,4,10H,3H2. The van der Waals surface area contributed by atoms with Crippen LogP contribution in [0.3, 0.4) is 0 Å². The van der Waals surface area contributed by atoms with E-state index in [-0.39, 0.29) is 0 Å². The Morgan fingerprint density at radius 1 is 1.46 bits per heavy atom. The van der Waals surface area contributed by atoms with E-state index in [1.165, 1.54) is 0 Å². The minimum atomic E-state index is 0.577. The van der Waals surface area contributed by atoms with Gasteiger partial charge in [-0.25, -0.2) is 4.98 Å². The summed E-state index contributed by atoms with van der Waals surface area (Å²) < 4.78 is 1.85. The maximum absolute atomic E-state index is 4.19. The molecule has 64 valence electrons. The molecule has 1 N–H and O–H groups in total. The molecule has 0 aromatic carbocycles. The van der Waals surface area contributed by atoms with E-state index >= 15 is 0 Å². The Morgan fingerprint density at radius 2 is 2.46 bits per heavy atom. The second-order valence-electron chi connectivity index (χ2n) is 2.70. The van der Waals surface area contributed by atoms with Crippen LogP contribution in [-0.4, -0.2) is 32.5 Å². The van der Waals surface area contributed by atoms with Gasteiger partial charge >= 0.3 is 0 Å². The number of anilines is 1. The summed E-state index contributed by atoms with van der Waals surface area (Å²) in [6, 6.07) is 0. The maximum Gasteiger partial charge on any atom is 0.179 e. The van der Waals surface area contributed by atoms with E-state index in [1.807, 2.05) is 4.40 Å². The molecule has 0 fully saturated rings. The summed E-state index contributed by atoms with van der Waals surface area (Å²) in [5.74, 6) is 0.822. The molecular weight excluding hydrogens is 168 g/mol. The Balaban J connectivity index is 2.43. The number of hydrogen-bond donors (Lipinski definition) is 1. The largest absolute Gasteiger partial charge is 0.349 e. The fourth-order valence-electron chi connectivity index (χ4n) is 1.33. The van der Waals surface area contributed by atoms with Crippen LogP contribution in [0.2, 0.25) is 0 Å². The molecular formula is C7H6N6. The first-order valence-electron chi connectivity index (χ1n) is 3.87. The van der Waals surface area contributed by atoms with Crippen LogP contribution in [0, 0.1) is 0 Å². The van der Waals surface area contributed by atoms with Gasteiger partial charge in [-0.1, -0.05) is 0 Å². The summed E-state index contributed by atoms with van der Waals surface area (Å²) in [7, 11) is 0. The third-order valence-electron chi connectivity index (χ3n) is 1.94. The highest BCUT2D eigenvalue weighted by Gasteiger charge is 2.09. The van der Waals surface area contributed by atoms with Crippen LogP contribution in [0.4, 0.5) is 5.82 Å². The first kappa shape index (κ1) is 6.53. The molecule has 6 heteroatoms. The van der Waals surface area contributed by atoms with Gasteiger partial charge in [-0.3, -0.25) is 9.39 Å². The van der Waals surface area contributed by atoms with Crippen molar-refractivity contribution in [1.82, 2.24) is 19.6 Å². The normalized spacial score (nSPS) is 14.2. The lowest BCUT2D eigenvalue weighted by Crippen LogP contribution is -2.12. The smallest absolute Gasteiger partial charge is 0.179 e. The summed E-state index contributed by atoms with van der Waals surface area (Å²) in [6.45, 7) is 0.577. The van der Waals surface area contributed by atoms with Crippen LogP contribution in [0.25, 0.3) is 5.65 Å². The highest BCUT2D eigenvalue weighted by Crippen LogP contribution is 2.13. The SMILES string of the molecule is C1=NCNc2ncc3nncn3c21. The van der Waals surface area contributed by atoms with E-state index in [4.69, 9.17) is 0 Å². The van der Waals surface area contributed by atoms with Crippen molar-refractivity contribution in [3.05, 3.63) is 18.2 Å². The van der Waals surface area contributed by atoms with Crippen molar-refractivity contribution >= 4 is 17.7 Å². The van der Waals surface area contributed by atoms with Gasteiger partial charge in [0.1, 0.15) is 18.7 Å². The quantitative estimate of drug-likeness (QED) is 0.606. The molecule has 0 saturated carbocycles. The molecule has 0 amide bonds. The number of rotatable bonds is 0. The van der Waals surface area contributed by atoms with Crippen molar-refractivity contribution in [2.45, 2.75) is 0 Å². The average molecular weight is 174 g/mol. The molecule has 0 aliphatic carbocycles. The number of hydrogen-bond acceptors (Lipinski definition) is 5. The summed E-state index contributed by atoms with van der Waals surface area (Å²) in [5.41, 5.74) is 1.63. The zero-order valence-electron chi connectivity index (χ0n) is 6.68. The van der Waals surface area contributed by atoms with Gasteiger partial charge in [0.25, 0.3) is 0 Å². The summed E-state index contributed by atoms with van der Waals surface area (Å²) in [6.07, 6.45) is 5.10. The first-order valence-corrected chi connectivity index (χ1v) is 3.87. The summed E-state index contributed by atoms with van der Waals surface area (Å²) in [5, 5.41) is 10.7. The van der Waals surface area contributed by atoms with Gasteiger partial charge in [-0.05, 0) is 0 Å². The minimum Gasteiger partial charge on any atom is -0.349 e. The molecule has 2 aromatic heterocycles. The van der Waals surface area contributed by atoms with Crippen molar-refractivity contribution in [3.63, 3.8) is 0 Å². The number of aliphatic imine (C=N–C) groups is 1. The second kappa shape index (κ2) is 2.25. The molecule has 0 bridgehead atoms. The molecule has 0 radical (unpaired) electrons. The molecule has 2 aromatic rings. The van der Waals surface area contributed by atoms with Gasteiger partial charge in [0.05, 0.1) is 12.4 Å². The van der Waals surface area contributed by atoms with Crippen molar-refractivity contribution < 1.29 is 0 Å². The number of nitrogens with one attached hydrogen (secondary N) is 1. The molecule has 3 rings (SSSR count). The molecule has 3 heterocycles. The van der Waals surface area contributed by atoms with E-state index in [1.54, 1.807) is 18.7 Å². The van der Waals surface area contributed by atoms with Gasteiger partial charge in [-0.2, -0.15) is 0 Å². The van der Waals surface area contributed by atoms with Crippen molar-refractivity contribution in [2.24, 2.45) is 4.99 Å². The van der Waals surface area contributed by atoms with Gasteiger partial charge in [0.2, 0.25) is 0 Å². The fourth-order valence-corrected chi connectivity index (χ4v) is 1.33. The highest BCUT2D eigenvalue weighted by molar-refractivity contribution is 5.86. The number of nitrogens with zero attached hydrogens (tertiary/aromatic N) is 5. The van der Waals surface area contributed by atoms with Crippen LogP contribution in [0.15, 0.2) is 17.5 Å². The van der Waals surface area contributed by atoms with E-state index in [9.17, 15) is 0 Å². The van der Waals surface area contributed by atoms with E-state index in [0.29, 0.717) is 6.67 Å². The van der Waals surface area contributed by atoms with Crippen molar-refractivity contribution in [1.29, 1.82) is 0 Å². The van der Waals surface area contributed by atoms with Crippen LogP contribution in [-0.2, 0) is 0 Å². The Morgan fingerprint density at radius 3 is 3.46 bits per heavy atom. The molecule has 0 unspecified atom stereocenters. The molecule has 1 aliphatic heterocycles. The molecule has 0 atom stereocenters. The maximum atomic E-state index is 4.19. The molecule has 0 spiro atoms. The Kier molecular flexibility index (Phi) is 1.13. The fraction of sp³-hybridized carbons (Fsp3) is 0.143. The third-order valence-corrected chi connectivity index (χ3v) is 1.94. The topological polar surface area (TPSA) is 67.5 Å². The van der Waals surface area contributed by atoms with Crippen molar-refractivity contribution in [3.8, 4) is 0 Å². The van der Waals surface area contributed by atoms with Crippen LogP contribution < -0.4 is 5.32 Å². The predicted octanol–water partition coefficient (Wildman–Crippen LogP) is -0.0738. The number of fused-ring (bicyclic) bond motifs is 3. The predicted molar refractivity (Wildman–Crippen MR) is 46.9 cm³/mol. The lowest BCUT2D eigenvalue weighted by molar-refractivity contribution is 1.03. The van der Waals surface area contributed by atoms with Gasteiger partial charge in [-0.15, -0.1) is 10.2 Å². The third kappa shape index (κ3) is 0.821. The summed E-state index contributed by atoms with van der Waals surface area (Å²) in [4.78, 5) is 8.29. The Labute approximate surface area is 73.3 Å². The minimum absolute atomic E-state index is 0.577. The van der Waals surface area contributed by atoms with Crippen molar-refractivity contribution in [2.75, 3.05) is 12.0 Å². The van der Waals surface area contributed by atoms with Crippen LogP contribution >= 0.6 is 0 Å². The van der Waals surface area contributed by atoms with Gasteiger partial charge < -0.3 is 5.32 Å². The monoisotopic (exact) mass is 174 g/mol. The van der Waals surface area contributed by atoms with Crippen LogP contribution in [0.5, 0.6) is 0 Å². The lowest BCUT2D eigenvalue weighted by atomic mass is 10.4. The van der Waals surface area contributed by atoms with E-state index in [2.05, 4.69) is 25.5 Å². The Bertz CT molecular complexity index is 485. The average Bonchev–Trinajstić information content (AvgIpc) is 2.65. The molecule has 6 nitrogen and oxygen atoms in total. The lowest BCUT2D eigenvalue weighted by Gasteiger charge is -2.11. The summed E-state index contributed by atoms with van der Waals surface area (Å²) >= 11 is 0. The van der Waals surface area contributed by atoms with E-state index < -0.39 is 0 Å². The number of aromatic nitrogens is 4. The molecule has 13 heavy (non-hydrogen) atoms. The van der Waals surface area contributed by atoms with Gasteiger partial charge in [0.15, 0.2) is 11.5 Å². The molecule has 1 aliphatic rings. The zero-order chi connectivity index (χ0) is 8.67. The van der Waals surface area contributed by atoms with E-state index in [0.717, 1.165) is 17.2 Å². The van der Waals surface area contributed by atoms with Crippen LogP contribution in [0.1, 0.15) is 5.69 Å². The zero-order valence-corrected chi connectivity index (χ0v) is 6.68. The Hall–Kier alpha value is -1.98. The second-order valence-corrected chi connectivity index (χ2v) is 2.70. The first-order chi connectivity index (χ1) is 6.45.